The van der Waals surface area contributed by atoms with Gasteiger partial charge in [-0.1, -0.05) is 25.5 Å². The smallest absolute Gasteiger partial charge is 0.179 e. The van der Waals surface area contributed by atoms with Crippen LogP contribution in [0.3, 0.4) is 0 Å². The van der Waals surface area contributed by atoms with Crippen molar-refractivity contribution in [1.82, 2.24) is 0 Å². The highest BCUT2D eigenvalue weighted by Gasteiger charge is 2.81. The molecular weight excluding hydrogens is 364 g/mol. The molecule has 1 saturated heterocycles. The molecule has 5 rings (SSSR count). The van der Waals surface area contributed by atoms with Crippen LogP contribution in [0.5, 0.6) is 0 Å². The van der Waals surface area contributed by atoms with E-state index in [1.54, 1.807) is 12.2 Å². The molecular formula is C22H27ClO4. The Bertz CT molecular complexity index is 817. The predicted molar refractivity (Wildman–Crippen MR) is 101 cm³/mol. The fraction of sp³-hybridized carbons (Fsp3) is 0.727. The molecule has 1 unspecified atom stereocenters. The SMILES string of the molecule is C[C@@H]1C[C@H]2C3CCC4=CC(=O)C=C[C@]4(C)[C@@]34O[C@H]4C[C@]2(C)[C@@]1(O)C(=O)CCl. The molecule has 0 bridgehead atoms. The number of Topliss-reactive ketones (excluding diaryl/α,β-unsaturated/α-hetero) is 1. The van der Waals surface area contributed by atoms with Gasteiger partial charge in [-0.25, -0.2) is 0 Å². The first-order chi connectivity index (χ1) is 12.6. The summed E-state index contributed by atoms with van der Waals surface area (Å²) in [7, 11) is 0. The second-order valence-corrected chi connectivity index (χ2v) is 10.1. The topological polar surface area (TPSA) is 66.9 Å². The number of carbonyl (C=O) groups excluding carboxylic acids is 2. The van der Waals surface area contributed by atoms with Crippen molar-refractivity contribution in [3.05, 3.63) is 23.8 Å². The molecule has 1 heterocycles. The van der Waals surface area contributed by atoms with Crippen molar-refractivity contribution in [2.45, 2.75) is 63.8 Å². The number of ether oxygens (including phenoxy) is 1. The molecule has 0 aromatic carbocycles. The summed E-state index contributed by atoms with van der Waals surface area (Å²) in [6.45, 7) is 6.26. The molecule has 8 atom stereocenters. The Kier molecular flexibility index (Phi) is 3.44. The molecule has 0 amide bonds. The Labute approximate surface area is 165 Å². The van der Waals surface area contributed by atoms with Crippen LogP contribution >= 0.6 is 11.6 Å². The van der Waals surface area contributed by atoms with Gasteiger partial charge in [-0.05, 0) is 62.5 Å². The van der Waals surface area contributed by atoms with Gasteiger partial charge >= 0.3 is 0 Å². The second kappa shape index (κ2) is 5.14. The van der Waals surface area contributed by atoms with E-state index in [2.05, 4.69) is 13.8 Å². The van der Waals surface area contributed by atoms with Crippen LogP contribution in [0.1, 0.15) is 46.5 Å². The van der Waals surface area contributed by atoms with Gasteiger partial charge in [0.2, 0.25) is 0 Å². The summed E-state index contributed by atoms with van der Waals surface area (Å²) in [6.07, 6.45) is 8.83. The molecule has 4 nitrogen and oxygen atoms in total. The van der Waals surface area contributed by atoms with E-state index >= 15 is 0 Å². The first-order valence-corrected chi connectivity index (χ1v) is 10.6. The van der Waals surface area contributed by atoms with E-state index < -0.39 is 11.0 Å². The number of ketones is 2. The van der Waals surface area contributed by atoms with Crippen LogP contribution in [0.25, 0.3) is 0 Å². The van der Waals surface area contributed by atoms with Crippen molar-refractivity contribution in [3.8, 4) is 0 Å². The van der Waals surface area contributed by atoms with Crippen molar-refractivity contribution in [2.75, 3.05) is 5.88 Å². The van der Waals surface area contributed by atoms with Crippen LogP contribution in [0.4, 0.5) is 0 Å². The molecule has 0 radical (unpaired) electrons. The van der Waals surface area contributed by atoms with E-state index in [0.717, 1.165) is 19.3 Å². The number of carbonyl (C=O) groups is 2. The van der Waals surface area contributed by atoms with Gasteiger partial charge in [0, 0.05) is 10.8 Å². The summed E-state index contributed by atoms with van der Waals surface area (Å²) in [5, 5.41) is 11.6. The van der Waals surface area contributed by atoms with Crippen LogP contribution < -0.4 is 0 Å². The number of epoxide rings is 1. The fourth-order valence-corrected chi connectivity index (χ4v) is 7.88. The van der Waals surface area contributed by atoms with Crippen molar-refractivity contribution < 1.29 is 19.4 Å². The molecule has 5 heteroatoms. The third-order valence-corrected chi connectivity index (χ3v) is 9.30. The predicted octanol–water partition coefficient (Wildman–Crippen LogP) is 3.21. The molecule has 4 aliphatic carbocycles. The molecule has 4 fully saturated rings. The Hall–Kier alpha value is -0.970. The first-order valence-electron chi connectivity index (χ1n) is 10.1. The zero-order valence-electron chi connectivity index (χ0n) is 16.1. The van der Waals surface area contributed by atoms with E-state index in [0.29, 0.717) is 6.42 Å². The maximum absolute atomic E-state index is 12.7. The maximum atomic E-state index is 12.7. The molecule has 27 heavy (non-hydrogen) atoms. The molecule has 3 saturated carbocycles. The molecule has 5 aliphatic rings. The standard InChI is InChI=1S/C22H27ClO4/c1-12-8-16-15-5-4-13-9-14(24)6-7-19(13,2)22(15)18(27-22)10-20(16,3)21(12,26)17(25)11-23/h6-7,9,12,15-16,18,26H,4-5,8,10-11H2,1-3H3/t12-,15?,16+,18+,19+,20+,21+,22-/m1/s1. The lowest BCUT2D eigenvalue weighted by molar-refractivity contribution is -0.160. The van der Waals surface area contributed by atoms with E-state index in [1.807, 2.05) is 13.0 Å². The Morgan fingerprint density at radius 2 is 2.11 bits per heavy atom. The van der Waals surface area contributed by atoms with E-state index in [4.69, 9.17) is 16.3 Å². The molecule has 1 spiro atoms. The Balaban J connectivity index is 1.60. The summed E-state index contributed by atoms with van der Waals surface area (Å²) in [5.74, 6) is 0.0439. The van der Waals surface area contributed by atoms with Gasteiger partial charge in [0.05, 0.1) is 12.0 Å². The highest BCUT2D eigenvalue weighted by molar-refractivity contribution is 6.29. The van der Waals surface area contributed by atoms with Crippen molar-refractivity contribution in [3.63, 3.8) is 0 Å². The Morgan fingerprint density at radius 1 is 1.37 bits per heavy atom. The lowest BCUT2D eigenvalue weighted by Gasteiger charge is -2.55. The average molecular weight is 391 g/mol. The van der Waals surface area contributed by atoms with Crippen molar-refractivity contribution in [2.24, 2.45) is 28.6 Å². The number of halogens is 1. The van der Waals surface area contributed by atoms with Gasteiger partial charge in [0.1, 0.15) is 11.2 Å². The minimum Gasteiger partial charge on any atom is -0.381 e. The summed E-state index contributed by atoms with van der Waals surface area (Å²) in [5.41, 5.74) is -1.29. The van der Waals surface area contributed by atoms with E-state index in [-0.39, 0.29) is 52.3 Å². The van der Waals surface area contributed by atoms with Gasteiger partial charge in [0.25, 0.3) is 0 Å². The first kappa shape index (κ1) is 18.1. The fourth-order valence-electron chi connectivity index (χ4n) is 7.68. The zero-order chi connectivity index (χ0) is 19.4. The molecule has 0 aromatic rings. The van der Waals surface area contributed by atoms with Gasteiger partial charge in [-0.2, -0.15) is 0 Å². The molecule has 146 valence electrons. The largest absolute Gasteiger partial charge is 0.381 e. The summed E-state index contributed by atoms with van der Waals surface area (Å²) >= 11 is 5.90. The lowest BCUT2D eigenvalue weighted by Crippen LogP contribution is -2.62. The number of allylic oxidation sites excluding steroid dienone is 2. The molecule has 0 aromatic heterocycles. The van der Waals surface area contributed by atoms with Gasteiger partial charge < -0.3 is 9.84 Å². The van der Waals surface area contributed by atoms with Gasteiger partial charge in [0.15, 0.2) is 11.6 Å². The molecule has 1 aliphatic heterocycles. The summed E-state index contributed by atoms with van der Waals surface area (Å²) < 4.78 is 6.46. The van der Waals surface area contributed by atoms with Crippen LogP contribution in [0.15, 0.2) is 23.8 Å². The van der Waals surface area contributed by atoms with Crippen LogP contribution in [0.2, 0.25) is 0 Å². The normalized spacial score (nSPS) is 55.1. The van der Waals surface area contributed by atoms with Gasteiger partial charge in [-0.15, -0.1) is 11.6 Å². The van der Waals surface area contributed by atoms with Crippen molar-refractivity contribution in [1.29, 1.82) is 0 Å². The number of rotatable bonds is 2. The minimum atomic E-state index is -1.38. The number of aliphatic hydroxyl groups is 1. The molecule has 1 N–H and O–H groups in total. The van der Waals surface area contributed by atoms with Crippen LogP contribution in [-0.2, 0) is 14.3 Å². The highest BCUT2D eigenvalue weighted by Crippen LogP contribution is 2.76. The maximum Gasteiger partial charge on any atom is 0.179 e. The summed E-state index contributed by atoms with van der Waals surface area (Å²) in [6, 6.07) is 0. The monoisotopic (exact) mass is 390 g/mol. The highest BCUT2D eigenvalue weighted by atomic mass is 35.5. The minimum absolute atomic E-state index is 0.00949. The van der Waals surface area contributed by atoms with Gasteiger partial charge in [-0.3, -0.25) is 9.59 Å². The second-order valence-electron chi connectivity index (χ2n) is 9.84. The van der Waals surface area contributed by atoms with Crippen LogP contribution in [-0.4, -0.2) is 39.9 Å². The summed E-state index contributed by atoms with van der Waals surface area (Å²) in [4.78, 5) is 24.7. The number of fused-ring (bicyclic) bond motifs is 3. The van der Waals surface area contributed by atoms with Crippen LogP contribution in [0, 0.1) is 28.6 Å². The quantitative estimate of drug-likeness (QED) is 0.580. The third kappa shape index (κ3) is 1.79. The lowest BCUT2D eigenvalue weighted by atomic mass is 9.47. The number of alkyl halides is 1. The Morgan fingerprint density at radius 3 is 2.81 bits per heavy atom. The number of hydrogen-bond donors (Lipinski definition) is 1. The van der Waals surface area contributed by atoms with Crippen molar-refractivity contribution >= 4 is 23.2 Å². The zero-order valence-corrected chi connectivity index (χ0v) is 16.9. The van der Waals surface area contributed by atoms with E-state index in [1.165, 1.54) is 5.57 Å². The average Bonchev–Trinajstić information content (AvgIpc) is 3.31. The number of hydrogen-bond acceptors (Lipinski definition) is 4. The van der Waals surface area contributed by atoms with E-state index in [9.17, 15) is 14.7 Å². The third-order valence-electron chi connectivity index (χ3n) is 9.06.